The van der Waals surface area contributed by atoms with Crippen molar-refractivity contribution in [3.8, 4) is 17.2 Å². The van der Waals surface area contributed by atoms with Crippen LogP contribution >= 0.6 is 0 Å². The Morgan fingerprint density at radius 2 is 1.62 bits per heavy atom. The molecule has 0 bridgehead atoms. The molecule has 4 aromatic carbocycles. The van der Waals surface area contributed by atoms with E-state index in [-0.39, 0.29) is 24.0 Å². The van der Waals surface area contributed by atoms with E-state index in [1.807, 2.05) is 82.3 Å². The predicted octanol–water partition coefficient (Wildman–Crippen LogP) is 7.76. The number of likely N-dealkylation sites (tertiary alicyclic amines) is 1. The minimum absolute atomic E-state index is 0.0422. The summed E-state index contributed by atoms with van der Waals surface area (Å²) in [6.45, 7) is 9.98. The number of amides is 1. The first-order valence-corrected chi connectivity index (χ1v) is 20.2. The molecule has 0 N–H and O–H groups in total. The van der Waals surface area contributed by atoms with Gasteiger partial charge in [-0.2, -0.15) is 0 Å². The Kier molecular flexibility index (Phi) is 12.9. The third kappa shape index (κ3) is 10.3. The largest absolute Gasteiger partial charge is 0.496 e. The van der Waals surface area contributed by atoms with Gasteiger partial charge in [0.15, 0.2) is 0 Å². The second kappa shape index (κ2) is 17.8. The molecule has 6 rings (SSSR count). The van der Waals surface area contributed by atoms with E-state index in [4.69, 9.17) is 28.4 Å². The maximum atomic E-state index is 13.9. The summed E-state index contributed by atoms with van der Waals surface area (Å²) in [5.41, 5.74) is 2.87. The van der Waals surface area contributed by atoms with E-state index in [0.29, 0.717) is 50.8 Å². The molecule has 12 heteroatoms. The average Bonchev–Trinajstić information content (AvgIpc) is 3.18. The highest BCUT2D eigenvalue weighted by Gasteiger charge is 2.38. The molecule has 2 aliphatic heterocycles. The molecule has 11 nitrogen and oxygen atoms in total. The Balaban J connectivity index is 1.11. The van der Waals surface area contributed by atoms with Crippen molar-refractivity contribution in [2.24, 2.45) is 0 Å². The van der Waals surface area contributed by atoms with Crippen LogP contribution in [0.1, 0.15) is 56.2 Å². The number of rotatable bonds is 14. The molecule has 55 heavy (non-hydrogen) atoms. The zero-order valence-electron chi connectivity index (χ0n) is 32.3. The molecule has 0 aromatic heterocycles. The summed E-state index contributed by atoms with van der Waals surface area (Å²) in [5, 5.41) is 0. The van der Waals surface area contributed by atoms with Gasteiger partial charge in [0.05, 0.1) is 63.3 Å². The number of hydrogen-bond donors (Lipinski definition) is 0. The molecule has 2 aliphatic rings. The van der Waals surface area contributed by atoms with Crippen molar-refractivity contribution in [2.75, 3.05) is 50.9 Å². The predicted molar refractivity (Wildman–Crippen MR) is 211 cm³/mol. The van der Waals surface area contributed by atoms with Crippen LogP contribution in [0, 0.1) is 6.92 Å². The normalized spacial score (nSPS) is 18.6. The number of hydrogen-bond acceptors (Lipinski definition) is 9. The van der Waals surface area contributed by atoms with Crippen LogP contribution in [-0.4, -0.2) is 83.8 Å². The first-order valence-electron chi connectivity index (χ1n) is 18.8. The standard InChI is InChI=1S/C43H52N2O9S/c1-31-15-21-36(22-16-31)55(47,48)45-27-35(53-40-14-9-7-12-38(40)45)30-52-41-28-44(42(46)54-43(2,3)4)24-23-37(41)32-17-19-34(20-18-32)51-26-10-25-50-29-33-11-6-8-13-39(33)49-5/h6-9,11-22,35,37,41H,10,23-30H2,1-5H3/t35-,37?,41-/m1/s1. The number of benzene rings is 4. The number of methoxy groups -OCH3 is 1. The van der Waals surface area contributed by atoms with Gasteiger partial charge in [-0.1, -0.05) is 60.2 Å². The number of anilines is 1. The number of aryl methyl sites for hydroxylation is 1. The van der Waals surface area contributed by atoms with E-state index >= 15 is 0 Å². The number of fused-ring (bicyclic) bond motifs is 1. The van der Waals surface area contributed by atoms with Gasteiger partial charge in [0, 0.05) is 24.4 Å². The molecular formula is C43H52N2O9S. The van der Waals surface area contributed by atoms with Gasteiger partial charge in [0.25, 0.3) is 10.0 Å². The highest BCUT2D eigenvalue weighted by Crippen LogP contribution is 2.38. The molecule has 294 valence electrons. The smallest absolute Gasteiger partial charge is 0.410 e. The zero-order valence-corrected chi connectivity index (χ0v) is 33.1. The van der Waals surface area contributed by atoms with Crippen molar-refractivity contribution in [1.29, 1.82) is 0 Å². The molecule has 4 aromatic rings. The van der Waals surface area contributed by atoms with Crippen LogP contribution in [-0.2, 0) is 30.8 Å². The molecule has 0 radical (unpaired) electrons. The van der Waals surface area contributed by atoms with Crippen LogP contribution in [0.5, 0.6) is 17.2 Å². The second-order valence-electron chi connectivity index (χ2n) is 14.9. The average molecular weight is 773 g/mol. The van der Waals surface area contributed by atoms with Gasteiger partial charge in [0.1, 0.15) is 29.0 Å². The Labute approximate surface area is 325 Å². The Morgan fingerprint density at radius 1 is 0.891 bits per heavy atom. The fraction of sp³-hybridized carbons (Fsp3) is 0.419. The highest BCUT2D eigenvalue weighted by atomic mass is 32.2. The van der Waals surface area contributed by atoms with Crippen LogP contribution < -0.4 is 18.5 Å². The molecule has 1 unspecified atom stereocenters. The number of sulfonamides is 1. The van der Waals surface area contributed by atoms with Crippen molar-refractivity contribution in [3.05, 3.63) is 114 Å². The van der Waals surface area contributed by atoms with Gasteiger partial charge in [-0.05, 0) is 82.1 Å². The van der Waals surface area contributed by atoms with E-state index in [1.54, 1.807) is 54.5 Å². The Hall–Kier alpha value is -4.78. The lowest BCUT2D eigenvalue weighted by Gasteiger charge is -2.40. The van der Waals surface area contributed by atoms with Crippen LogP contribution in [0.3, 0.4) is 0 Å². The van der Waals surface area contributed by atoms with Gasteiger partial charge < -0.3 is 33.3 Å². The Morgan fingerprint density at radius 3 is 2.36 bits per heavy atom. The first-order chi connectivity index (χ1) is 26.4. The first kappa shape index (κ1) is 39.9. The zero-order chi connectivity index (χ0) is 39.0. The van der Waals surface area contributed by atoms with Gasteiger partial charge in [-0.3, -0.25) is 4.31 Å². The summed E-state index contributed by atoms with van der Waals surface area (Å²) in [4.78, 5) is 15.1. The number of carbonyl (C=O) groups is 1. The fourth-order valence-electron chi connectivity index (χ4n) is 6.77. The van der Waals surface area contributed by atoms with E-state index in [2.05, 4.69) is 0 Å². The van der Waals surface area contributed by atoms with Crippen LogP contribution in [0.25, 0.3) is 0 Å². The van der Waals surface area contributed by atoms with Crippen LogP contribution in [0.2, 0.25) is 0 Å². The fourth-order valence-corrected chi connectivity index (χ4v) is 8.28. The van der Waals surface area contributed by atoms with Gasteiger partial charge in [-0.15, -0.1) is 0 Å². The number of para-hydroxylation sites is 3. The molecule has 1 fully saturated rings. The third-order valence-electron chi connectivity index (χ3n) is 9.57. The van der Waals surface area contributed by atoms with Crippen LogP contribution in [0.4, 0.5) is 10.5 Å². The van der Waals surface area contributed by atoms with Crippen molar-refractivity contribution >= 4 is 21.8 Å². The quantitative estimate of drug-likeness (QED) is 0.119. The minimum Gasteiger partial charge on any atom is -0.496 e. The van der Waals surface area contributed by atoms with Crippen LogP contribution in [0.15, 0.2) is 102 Å². The summed E-state index contributed by atoms with van der Waals surface area (Å²) in [7, 11) is -2.23. The third-order valence-corrected chi connectivity index (χ3v) is 11.4. The van der Waals surface area contributed by atoms with Crippen molar-refractivity contribution in [1.82, 2.24) is 4.90 Å². The molecule has 1 amide bonds. The van der Waals surface area contributed by atoms with Crippen molar-refractivity contribution < 1.29 is 41.6 Å². The second-order valence-corrected chi connectivity index (χ2v) is 16.7. The summed E-state index contributed by atoms with van der Waals surface area (Å²) in [5.74, 6) is 1.99. The number of carbonyl (C=O) groups excluding carboxylic acids is 1. The Bertz CT molecular complexity index is 1980. The topological polar surface area (TPSA) is 113 Å². The molecule has 0 saturated carbocycles. The van der Waals surface area contributed by atoms with Crippen molar-refractivity contribution in [2.45, 2.75) is 75.8 Å². The molecular weight excluding hydrogens is 721 g/mol. The number of ether oxygens (including phenoxy) is 6. The van der Waals surface area contributed by atoms with Gasteiger partial charge >= 0.3 is 6.09 Å². The van der Waals surface area contributed by atoms with Gasteiger partial charge in [0.2, 0.25) is 0 Å². The van der Waals surface area contributed by atoms with E-state index in [1.165, 1.54) is 4.31 Å². The molecule has 2 heterocycles. The van der Waals surface area contributed by atoms with Crippen molar-refractivity contribution in [3.63, 3.8) is 0 Å². The minimum atomic E-state index is -3.88. The number of nitrogens with zero attached hydrogens (tertiary/aromatic N) is 2. The molecule has 1 saturated heterocycles. The van der Waals surface area contributed by atoms with Gasteiger partial charge in [-0.25, -0.2) is 13.2 Å². The maximum absolute atomic E-state index is 13.9. The lowest BCUT2D eigenvalue weighted by atomic mass is 9.87. The molecule has 0 spiro atoms. The van der Waals surface area contributed by atoms with E-state index in [9.17, 15) is 13.2 Å². The lowest BCUT2D eigenvalue weighted by Crippen LogP contribution is -2.50. The maximum Gasteiger partial charge on any atom is 0.410 e. The molecule has 3 atom stereocenters. The summed E-state index contributed by atoms with van der Waals surface area (Å²) in [6.07, 6.45) is -0.0181. The monoisotopic (exact) mass is 772 g/mol. The summed E-state index contributed by atoms with van der Waals surface area (Å²) >= 11 is 0. The van der Waals surface area contributed by atoms with E-state index < -0.39 is 33.9 Å². The summed E-state index contributed by atoms with van der Waals surface area (Å²) in [6, 6.07) is 29.8. The highest BCUT2D eigenvalue weighted by molar-refractivity contribution is 7.92. The summed E-state index contributed by atoms with van der Waals surface area (Å²) < 4.78 is 65.2. The van der Waals surface area contributed by atoms with E-state index in [0.717, 1.165) is 34.6 Å². The lowest BCUT2D eigenvalue weighted by molar-refractivity contribution is -0.0496. The SMILES string of the molecule is COc1ccccc1COCCCOc1ccc(C2CCN(C(=O)OC(C)(C)C)C[C@H]2OC[C@H]2CN(S(=O)(=O)c3ccc(C)cc3)c3ccccc3O2)cc1. The molecule has 0 aliphatic carbocycles. The number of piperidine rings is 1.